The first kappa shape index (κ1) is 27.1. The normalized spacial score (nSPS) is 11.8. The van der Waals surface area contributed by atoms with Crippen molar-refractivity contribution in [2.24, 2.45) is 4.99 Å². The number of rotatable bonds is 13. The van der Waals surface area contributed by atoms with E-state index in [0.29, 0.717) is 13.2 Å². The van der Waals surface area contributed by atoms with Gasteiger partial charge in [0.05, 0.1) is 18.0 Å². The summed E-state index contributed by atoms with van der Waals surface area (Å²) >= 11 is 0. The maximum atomic E-state index is 12.1. The van der Waals surface area contributed by atoms with E-state index in [2.05, 4.69) is 27.3 Å². The second-order valence-electron chi connectivity index (χ2n) is 6.22. The third-order valence-electron chi connectivity index (χ3n) is 3.92. The molecule has 0 heterocycles. The fourth-order valence-corrected chi connectivity index (χ4v) is 3.42. The SMILES string of the molecule is CCCCCCNC(=NCc1ccc(S(=O)(=O)NCCOC)cc1)NCC.I. The van der Waals surface area contributed by atoms with Gasteiger partial charge in [0.15, 0.2) is 5.96 Å². The fourth-order valence-electron chi connectivity index (χ4n) is 2.41. The predicted molar refractivity (Wildman–Crippen MR) is 126 cm³/mol. The molecule has 9 heteroatoms. The lowest BCUT2D eigenvalue weighted by Crippen LogP contribution is -2.37. The summed E-state index contributed by atoms with van der Waals surface area (Å²) in [5, 5.41) is 6.56. The van der Waals surface area contributed by atoms with E-state index in [1.807, 2.05) is 6.92 Å². The molecule has 0 fully saturated rings. The van der Waals surface area contributed by atoms with Gasteiger partial charge < -0.3 is 15.4 Å². The van der Waals surface area contributed by atoms with Crippen LogP contribution in [-0.4, -0.2) is 47.7 Å². The molecule has 7 nitrogen and oxygen atoms in total. The Hall–Kier alpha value is -0.910. The molecule has 3 N–H and O–H groups in total. The van der Waals surface area contributed by atoms with Crippen LogP contribution < -0.4 is 15.4 Å². The van der Waals surface area contributed by atoms with Crippen molar-refractivity contribution in [3.05, 3.63) is 29.8 Å². The maximum Gasteiger partial charge on any atom is 0.240 e. The summed E-state index contributed by atoms with van der Waals surface area (Å²) in [6, 6.07) is 6.79. The van der Waals surface area contributed by atoms with E-state index in [1.165, 1.54) is 26.4 Å². The minimum absolute atomic E-state index is 0. The third-order valence-corrected chi connectivity index (χ3v) is 5.40. The number of sulfonamides is 1. The molecule has 0 amide bonds. The number of halogens is 1. The van der Waals surface area contributed by atoms with E-state index in [9.17, 15) is 8.42 Å². The van der Waals surface area contributed by atoms with Crippen LogP contribution in [0.5, 0.6) is 0 Å². The van der Waals surface area contributed by atoms with Gasteiger partial charge >= 0.3 is 0 Å². The van der Waals surface area contributed by atoms with Crippen LogP contribution >= 0.6 is 24.0 Å². The van der Waals surface area contributed by atoms with E-state index in [1.54, 1.807) is 24.3 Å². The number of ether oxygens (including phenoxy) is 1. The average molecular weight is 526 g/mol. The van der Waals surface area contributed by atoms with Gasteiger partial charge in [0.1, 0.15) is 0 Å². The summed E-state index contributed by atoms with van der Waals surface area (Å²) in [5.41, 5.74) is 0.953. The molecule has 0 aliphatic carbocycles. The minimum atomic E-state index is -3.50. The summed E-state index contributed by atoms with van der Waals surface area (Å²) in [4.78, 5) is 4.81. The van der Waals surface area contributed by atoms with Gasteiger partial charge in [-0.15, -0.1) is 24.0 Å². The molecule has 0 aliphatic rings. The van der Waals surface area contributed by atoms with Crippen molar-refractivity contribution in [3.63, 3.8) is 0 Å². The highest BCUT2D eigenvalue weighted by molar-refractivity contribution is 14.0. The van der Waals surface area contributed by atoms with Gasteiger partial charge in [-0.05, 0) is 31.0 Å². The maximum absolute atomic E-state index is 12.1. The predicted octanol–water partition coefficient (Wildman–Crippen LogP) is 2.86. The Labute approximate surface area is 187 Å². The molecule has 1 aromatic carbocycles. The first-order valence-corrected chi connectivity index (χ1v) is 11.1. The molecule has 162 valence electrons. The molecule has 0 bridgehead atoms. The third kappa shape index (κ3) is 11.2. The Bertz CT molecular complexity index is 652. The monoisotopic (exact) mass is 526 g/mol. The van der Waals surface area contributed by atoms with Crippen LogP contribution in [0.2, 0.25) is 0 Å². The number of nitrogens with zero attached hydrogens (tertiary/aromatic N) is 1. The van der Waals surface area contributed by atoms with Crippen molar-refractivity contribution in [1.82, 2.24) is 15.4 Å². The molecule has 0 saturated heterocycles. The second-order valence-corrected chi connectivity index (χ2v) is 7.98. The Morgan fingerprint density at radius 2 is 1.75 bits per heavy atom. The quantitative estimate of drug-likeness (QED) is 0.159. The van der Waals surface area contributed by atoms with E-state index in [0.717, 1.165) is 31.0 Å². The molecule has 0 saturated carbocycles. The van der Waals surface area contributed by atoms with Gasteiger partial charge in [-0.3, -0.25) is 0 Å². The topological polar surface area (TPSA) is 91.8 Å². The smallest absolute Gasteiger partial charge is 0.240 e. The fraction of sp³-hybridized carbons (Fsp3) is 0.632. The summed E-state index contributed by atoms with van der Waals surface area (Å²) in [7, 11) is -1.97. The molecule has 1 aromatic rings. The lowest BCUT2D eigenvalue weighted by atomic mass is 10.2. The number of methoxy groups -OCH3 is 1. The zero-order valence-electron chi connectivity index (χ0n) is 17.2. The van der Waals surface area contributed by atoms with Crippen molar-refractivity contribution >= 4 is 40.0 Å². The average Bonchev–Trinajstić information content (AvgIpc) is 2.66. The van der Waals surface area contributed by atoms with E-state index < -0.39 is 10.0 Å². The molecule has 0 aliphatic heterocycles. The molecule has 0 unspecified atom stereocenters. The molecule has 1 rings (SSSR count). The van der Waals surface area contributed by atoms with Gasteiger partial charge in [0.2, 0.25) is 10.0 Å². The van der Waals surface area contributed by atoms with Crippen LogP contribution in [0.1, 0.15) is 45.1 Å². The zero-order chi connectivity index (χ0) is 20.0. The number of guanidine groups is 1. The molecule has 28 heavy (non-hydrogen) atoms. The number of hydrogen-bond acceptors (Lipinski definition) is 4. The van der Waals surface area contributed by atoms with Gasteiger partial charge in [0.25, 0.3) is 0 Å². The summed E-state index contributed by atoms with van der Waals surface area (Å²) in [5.74, 6) is 0.784. The number of benzene rings is 1. The van der Waals surface area contributed by atoms with Crippen molar-refractivity contribution in [2.45, 2.75) is 51.0 Å². The zero-order valence-corrected chi connectivity index (χ0v) is 20.3. The molecule has 0 atom stereocenters. The van der Waals surface area contributed by atoms with Gasteiger partial charge in [0, 0.05) is 26.7 Å². The highest BCUT2D eigenvalue weighted by atomic mass is 127. The van der Waals surface area contributed by atoms with Crippen molar-refractivity contribution < 1.29 is 13.2 Å². The molecule has 0 spiro atoms. The number of unbranched alkanes of at least 4 members (excludes halogenated alkanes) is 3. The Kier molecular flexibility index (Phi) is 15.4. The largest absolute Gasteiger partial charge is 0.383 e. The van der Waals surface area contributed by atoms with Crippen LogP contribution in [0.25, 0.3) is 0 Å². The van der Waals surface area contributed by atoms with Gasteiger partial charge in [-0.25, -0.2) is 18.1 Å². The molecule has 0 aromatic heterocycles. The summed E-state index contributed by atoms with van der Waals surface area (Å²) < 4.78 is 31.7. The molecular weight excluding hydrogens is 491 g/mol. The Morgan fingerprint density at radius 1 is 1.04 bits per heavy atom. The van der Waals surface area contributed by atoms with Crippen molar-refractivity contribution in [2.75, 3.05) is 33.4 Å². The summed E-state index contributed by atoms with van der Waals surface area (Å²) in [6.07, 6.45) is 4.82. The highest BCUT2D eigenvalue weighted by Crippen LogP contribution is 2.11. The van der Waals surface area contributed by atoms with Crippen LogP contribution in [0, 0.1) is 0 Å². The lowest BCUT2D eigenvalue weighted by molar-refractivity contribution is 0.204. The first-order valence-electron chi connectivity index (χ1n) is 9.63. The van der Waals surface area contributed by atoms with Crippen molar-refractivity contribution in [1.29, 1.82) is 0 Å². The number of nitrogens with one attached hydrogen (secondary N) is 3. The molecular formula is C19H35IN4O3S. The van der Waals surface area contributed by atoms with Crippen LogP contribution in [0.15, 0.2) is 34.2 Å². The van der Waals surface area contributed by atoms with Crippen LogP contribution in [-0.2, 0) is 21.3 Å². The van der Waals surface area contributed by atoms with E-state index in [4.69, 9.17) is 4.74 Å². The van der Waals surface area contributed by atoms with E-state index >= 15 is 0 Å². The van der Waals surface area contributed by atoms with Crippen molar-refractivity contribution in [3.8, 4) is 0 Å². The van der Waals surface area contributed by atoms with E-state index in [-0.39, 0.29) is 35.4 Å². The van der Waals surface area contributed by atoms with Gasteiger partial charge in [-0.1, -0.05) is 38.3 Å². The summed E-state index contributed by atoms with van der Waals surface area (Å²) in [6.45, 7) is 7.00. The highest BCUT2D eigenvalue weighted by Gasteiger charge is 2.12. The van der Waals surface area contributed by atoms with Crippen LogP contribution in [0.4, 0.5) is 0 Å². The Balaban J connectivity index is 0.00000729. The lowest BCUT2D eigenvalue weighted by Gasteiger charge is -2.11. The second kappa shape index (κ2) is 15.9. The number of hydrogen-bond donors (Lipinski definition) is 3. The first-order chi connectivity index (χ1) is 13.0. The number of aliphatic imine (C=N–C) groups is 1. The standard InChI is InChI=1S/C19H34N4O3S.HI/c1-4-6-7-8-13-21-19(20-5-2)22-16-17-9-11-18(12-10-17)27(24,25)23-14-15-26-3;/h9-12,23H,4-8,13-16H2,1-3H3,(H2,20,21,22);1H. The molecule has 0 radical (unpaired) electrons. The Morgan fingerprint density at radius 3 is 2.36 bits per heavy atom. The van der Waals surface area contributed by atoms with Crippen LogP contribution in [0.3, 0.4) is 0 Å². The van der Waals surface area contributed by atoms with Gasteiger partial charge in [-0.2, -0.15) is 0 Å². The minimum Gasteiger partial charge on any atom is -0.383 e.